The fourth-order valence-electron chi connectivity index (χ4n) is 3.40. The summed E-state index contributed by atoms with van der Waals surface area (Å²) in [6.07, 6.45) is 3.51. The minimum atomic E-state index is -1.13. The van der Waals surface area contributed by atoms with Crippen LogP contribution in [-0.2, 0) is 20.8 Å². The van der Waals surface area contributed by atoms with E-state index in [0.717, 1.165) is 22.2 Å². The lowest BCUT2D eigenvalue weighted by atomic mass is 10.0. The molecule has 0 aromatic heterocycles. The van der Waals surface area contributed by atoms with Crippen LogP contribution in [0.25, 0.3) is 6.08 Å². The van der Waals surface area contributed by atoms with Gasteiger partial charge in [-0.2, -0.15) is 0 Å². The van der Waals surface area contributed by atoms with E-state index in [-0.39, 0.29) is 10.7 Å². The van der Waals surface area contributed by atoms with Crippen LogP contribution < -0.4 is 14.8 Å². The summed E-state index contributed by atoms with van der Waals surface area (Å²) in [5, 5.41) is 11.1. The van der Waals surface area contributed by atoms with Gasteiger partial charge in [0.1, 0.15) is 6.54 Å². The van der Waals surface area contributed by atoms with Crippen LogP contribution in [0.1, 0.15) is 23.6 Å². The maximum Gasteiger partial charge on any atom is 0.341 e. The van der Waals surface area contributed by atoms with Gasteiger partial charge in [0.25, 0.3) is 11.1 Å². The second kappa shape index (κ2) is 12.1. The highest BCUT2D eigenvalue weighted by Gasteiger charge is 2.36. The van der Waals surface area contributed by atoms with Gasteiger partial charge in [-0.05, 0) is 67.9 Å². The Labute approximate surface area is 212 Å². The number of aliphatic carboxylic acids is 1. The highest BCUT2D eigenvalue weighted by molar-refractivity contribution is 8.18. The van der Waals surface area contributed by atoms with E-state index in [2.05, 4.69) is 11.9 Å². The van der Waals surface area contributed by atoms with Crippen molar-refractivity contribution in [2.75, 3.05) is 25.1 Å². The average Bonchev–Trinajstić information content (AvgIpc) is 3.07. The van der Waals surface area contributed by atoms with Crippen molar-refractivity contribution in [2.24, 2.45) is 0 Å². The Bertz CT molecular complexity index is 1220. The van der Waals surface area contributed by atoms with E-state index in [4.69, 9.17) is 14.6 Å². The molecule has 3 amide bonds. The van der Waals surface area contributed by atoms with Gasteiger partial charge in [0.15, 0.2) is 18.1 Å². The summed E-state index contributed by atoms with van der Waals surface area (Å²) in [5.41, 5.74) is 2.76. The van der Waals surface area contributed by atoms with Gasteiger partial charge < -0.3 is 19.9 Å². The standard InChI is InChI=1S/C26H26N2O7S/c1-4-6-18-11-17(12-20(34-5-2)24(18)35-15-23(30)31)13-21-25(32)28(26(33)36-21)14-22(29)27-19-9-7-16(3)8-10-19/h4,7-13H,1,5-6,14-15H2,2-3H3,(H,27,29)(H,30,31)/b21-13-. The molecule has 0 aliphatic carbocycles. The van der Waals surface area contributed by atoms with Gasteiger partial charge in [-0.1, -0.05) is 23.8 Å². The number of hydrogen-bond donors (Lipinski definition) is 2. The van der Waals surface area contributed by atoms with E-state index in [0.29, 0.717) is 35.6 Å². The van der Waals surface area contributed by atoms with Crippen LogP contribution in [0.2, 0.25) is 0 Å². The lowest BCUT2D eigenvalue weighted by molar-refractivity contribution is -0.139. The van der Waals surface area contributed by atoms with Crippen LogP contribution in [0, 0.1) is 6.92 Å². The number of amides is 3. The van der Waals surface area contributed by atoms with Crippen molar-refractivity contribution in [3.8, 4) is 11.5 Å². The Morgan fingerprint density at radius 2 is 1.89 bits per heavy atom. The highest BCUT2D eigenvalue weighted by Crippen LogP contribution is 2.37. The molecular formula is C26H26N2O7S. The number of imide groups is 1. The minimum Gasteiger partial charge on any atom is -0.490 e. The molecule has 1 saturated heterocycles. The third kappa shape index (κ3) is 6.76. The smallest absolute Gasteiger partial charge is 0.341 e. The summed E-state index contributed by atoms with van der Waals surface area (Å²) in [6.45, 7) is 6.75. The van der Waals surface area contributed by atoms with Crippen LogP contribution in [0.5, 0.6) is 11.5 Å². The normalized spacial score (nSPS) is 14.2. The van der Waals surface area contributed by atoms with Gasteiger partial charge in [0, 0.05) is 11.3 Å². The molecule has 1 aliphatic rings. The summed E-state index contributed by atoms with van der Waals surface area (Å²) in [4.78, 5) is 49.9. The molecule has 9 nitrogen and oxygen atoms in total. The number of benzene rings is 2. The molecule has 0 radical (unpaired) electrons. The first-order chi connectivity index (χ1) is 17.2. The predicted molar refractivity (Wildman–Crippen MR) is 137 cm³/mol. The molecule has 0 spiro atoms. The van der Waals surface area contributed by atoms with E-state index < -0.39 is 36.2 Å². The van der Waals surface area contributed by atoms with Gasteiger partial charge in [-0.3, -0.25) is 19.3 Å². The van der Waals surface area contributed by atoms with Crippen molar-refractivity contribution >= 4 is 46.5 Å². The second-order valence-corrected chi connectivity index (χ2v) is 8.79. The molecular weight excluding hydrogens is 484 g/mol. The first kappa shape index (κ1) is 26.6. The van der Waals surface area contributed by atoms with Crippen molar-refractivity contribution in [3.05, 3.63) is 70.6 Å². The third-order valence-corrected chi connectivity index (χ3v) is 5.87. The Morgan fingerprint density at radius 1 is 1.17 bits per heavy atom. The molecule has 2 N–H and O–H groups in total. The first-order valence-corrected chi connectivity index (χ1v) is 11.9. The number of thioether (sulfide) groups is 1. The average molecular weight is 511 g/mol. The van der Waals surface area contributed by atoms with E-state index in [1.807, 2.05) is 19.1 Å². The molecule has 0 bridgehead atoms. The number of carboxylic acid groups (broad SMARTS) is 1. The molecule has 10 heteroatoms. The molecule has 2 aromatic carbocycles. The number of hydrogen-bond acceptors (Lipinski definition) is 7. The number of nitrogens with zero attached hydrogens (tertiary/aromatic N) is 1. The number of nitrogens with one attached hydrogen (secondary N) is 1. The minimum absolute atomic E-state index is 0.148. The summed E-state index contributed by atoms with van der Waals surface area (Å²) in [7, 11) is 0. The molecule has 0 atom stereocenters. The number of ether oxygens (including phenoxy) is 2. The van der Waals surface area contributed by atoms with Crippen molar-refractivity contribution in [1.29, 1.82) is 0 Å². The van der Waals surface area contributed by atoms with Gasteiger partial charge in [0.2, 0.25) is 5.91 Å². The van der Waals surface area contributed by atoms with E-state index in [1.54, 1.807) is 37.3 Å². The number of anilines is 1. The van der Waals surface area contributed by atoms with Crippen molar-refractivity contribution < 1.29 is 33.8 Å². The first-order valence-electron chi connectivity index (χ1n) is 11.1. The SMILES string of the molecule is C=CCc1cc(/C=C2\SC(=O)N(CC(=O)Nc3ccc(C)cc3)C2=O)cc(OCC)c1OCC(=O)O. The van der Waals surface area contributed by atoms with Crippen LogP contribution in [0.15, 0.2) is 54.0 Å². The van der Waals surface area contributed by atoms with Gasteiger partial charge in [-0.25, -0.2) is 4.79 Å². The zero-order chi connectivity index (χ0) is 26.2. The predicted octanol–water partition coefficient (Wildman–Crippen LogP) is 4.26. The Kier molecular flexibility index (Phi) is 8.91. The number of carbonyl (C=O) groups is 4. The lowest BCUT2D eigenvalue weighted by Crippen LogP contribution is -2.36. The maximum atomic E-state index is 12.9. The largest absolute Gasteiger partial charge is 0.490 e. The maximum absolute atomic E-state index is 12.9. The molecule has 3 rings (SSSR count). The van der Waals surface area contributed by atoms with Crippen molar-refractivity contribution in [1.82, 2.24) is 4.90 Å². The Balaban J connectivity index is 1.82. The fourth-order valence-corrected chi connectivity index (χ4v) is 4.24. The summed E-state index contributed by atoms with van der Waals surface area (Å²) in [5.74, 6) is -1.63. The summed E-state index contributed by atoms with van der Waals surface area (Å²) >= 11 is 0.732. The van der Waals surface area contributed by atoms with Crippen molar-refractivity contribution in [3.63, 3.8) is 0 Å². The molecule has 1 aliphatic heterocycles. The molecule has 1 fully saturated rings. The summed E-state index contributed by atoms with van der Waals surface area (Å²) < 4.78 is 11.1. The van der Waals surface area contributed by atoms with Crippen molar-refractivity contribution in [2.45, 2.75) is 20.3 Å². The van der Waals surface area contributed by atoms with E-state index in [1.165, 1.54) is 6.08 Å². The van der Waals surface area contributed by atoms with Crippen LogP contribution >= 0.6 is 11.8 Å². The second-order valence-electron chi connectivity index (χ2n) is 7.80. The van der Waals surface area contributed by atoms with Crippen LogP contribution in [0.4, 0.5) is 10.5 Å². The zero-order valence-electron chi connectivity index (χ0n) is 19.9. The number of carboxylic acids is 1. The van der Waals surface area contributed by atoms with E-state index >= 15 is 0 Å². The summed E-state index contributed by atoms with van der Waals surface area (Å²) in [6, 6.07) is 10.5. The monoisotopic (exact) mass is 510 g/mol. The zero-order valence-corrected chi connectivity index (χ0v) is 20.7. The number of allylic oxidation sites excluding steroid dienone is 1. The Hall–Kier alpha value is -4.05. The molecule has 36 heavy (non-hydrogen) atoms. The lowest BCUT2D eigenvalue weighted by Gasteiger charge is -2.16. The number of aryl methyl sites for hydroxylation is 1. The highest BCUT2D eigenvalue weighted by atomic mass is 32.2. The molecule has 0 saturated carbocycles. The Morgan fingerprint density at radius 3 is 2.53 bits per heavy atom. The number of carbonyl (C=O) groups excluding carboxylic acids is 3. The third-order valence-electron chi connectivity index (χ3n) is 4.97. The quantitative estimate of drug-likeness (QED) is 0.340. The van der Waals surface area contributed by atoms with Crippen LogP contribution in [-0.4, -0.2) is 52.8 Å². The number of rotatable bonds is 11. The van der Waals surface area contributed by atoms with Gasteiger partial charge in [-0.15, -0.1) is 6.58 Å². The topological polar surface area (TPSA) is 122 Å². The molecule has 1 heterocycles. The van der Waals surface area contributed by atoms with Gasteiger partial charge in [0.05, 0.1) is 11.5 Å². The molecule has 0 unspecified atom stereocenters. The van der Waals surface area contributed by atoms with Gasteiger partial charge >= 0.3 is 5.97 Å². The van der Waals surface area contributed by atoms with Crippen LogP contribution in [0.3, 0.4) is 0 Å². The van der Waals surface area contributed by atoms with E-state index in [9.17, 15) is 19.2 Å². The molecule has 188 valence electrons. The molecule has 2 aromatic rings. The fraction of sp³-hybridized carbons (Fsp3) is 0.231.